The van der Waals surface area contributed by atoms with Crippen molar-refractivity contribution in [2.24, 2.45) is 0 Å². The van der Waals surface area contributed by atoms with Gasteiger partial charge in [0.1, 0.15) is 11.0 Å². The third-order valence-corrected chi connectivity index (χ3v) is 2.49. The number of esters is 1. The highest BCUT2D eigenvalue weighted by Crippen LogP contribution is 2.11. The van der Waals surface area contributed by atoms with Crippen LogP contribution in [0.3, 0.4) is 0 Å². The van der Waals surface area contributed by atoms with Crippen molar-refractivity contribution in [1.29, 1.82) is 5.26 Å². The number of thioether (sulfide) groups is 1. The molecule has 0 aromatic heterocycles. The summed E-state index contributed by atoms with van der Waals surface area (Å²) in [4.78, 5) is 11.2. The molecule has 14 heavy (non-hydrogen) atoms. The van der Waals surface area contributed by atoms with Gasteiger partial charge >= 0.3 is 5.97 Å². The summed E-state index contributed by atoms with van der Waals surface area (Å²) in [6.07, 6.45) is 0. The first-order valence-corrected chi connectivity index (χ1v) is 5.77. The first-order valence-electron chi connectivity index (χ1n) is 4.18. The first kappa shape index (κ1) is 13.6. The number of rotatable bonds is 4. The third kappa shape index (κ3) is 8.21. The summed E-state index contributed by atoms with van der Waals surface area (Å²) in [7, 11) is 0. The second kappa shape index (κ2) is 6.15. The highest BCUT2D eigenvalue weighted by atomic mass is 35.5. The summed E-state index contributed by atoms with van der Waals surface area (Å²) >= 11 is 6.85. The molecule has 0 aromatic carbocycles. The van der Waals surface area contributed by atoms with Crippen molar-refractivity contribution in [3.8, 4) is 6.07 Å². The maximum absolute atomic E-state index is 11.2. The predicted molar refractivity (Wildman–Crippen MR) is 58.4 cm³/mol. The Morgan fingerprint density at radius 2 is 2.21 bits per heavy atom. The predicted octanol–water partition coefficient (Wildman–Crippen LogP) is 2.19. The van der Waals surface area contributed by atoms with E-state index in [1.807, 2.05) is 26.8 Å². The quantitative estimate of drug-likeness (QED) is 0.554. The van der Waals surface area contributed by atoms with E-state index in [2.05, 4.69) is 0 Å². The van der Waals surface area contributed by atoms with Crippen molar-refractivity contribution in [3.63, 3.8) is 0 Å². The lowest BCUT2D eigenvalue weighted by Crippen LogP contribution is -2.25. The van der Waals surface area contributed by atoms with Gasteiger partial charge in [0.05, 0.1) is 11.8 Å². The Bertz CT molecular complexity index is 232. The summed E-state index contributed by atoms with van der Waals surface area (Å²) in [5.41, 5.74) is -0.451. The molecule has 0 N–H and O–H groups in total. The standard InChI is InChI=1S/C9H14ClNO2S/c1-9(2,3)13-8(12)6-14-5-7(10)4-11/h7H,5-6H2,1-3H3. The zero-order valence-corrected chi connectivity index (χ0v) is 10.1. The van der Waals surface area contributed by atoms with E-state index in [-0.39, 0.29) is 11.7 Å². The summed E-state index contributed by atoms with van der Waals surface area (Å²) in [6, 6.07) is 1.88. The van der Waals surface area contributed by atoms with Gasteiger partial charge in [-0.3, -0.25) is 4.79 Å². The Kier molecular flexibility index (Phi) is 5.98. The number of nitriles is 1. The van der Waals surface area contributed by atoms with Gasteiger partial charge in [-0.05, 0) is 20.8 Å². The molecule has 0 saturated heterocycles. The van der Waals surface area contributed by atoms with Gasteiger partial charge in [0, 0.05) is 5.75 Å². The smallest absolute Gasteiger partial charge is 0.316 e. The summed E-state index contributed by atoms with van der Waals surface area (Å²) in [6.45, 7) is 5.44. The molecule has 0 aromatic rings. The largest absolute Gasteiger partial charge is 0.459 e. The minimum absolute atomic E-state index is 0.238. The number of hydrogen-bond donors (Lipinski definition) is 0. The molecule has 0 aliphatic rings. The van der Waals surface area contributed by atoms with Crippen LogP contribution in [0.2, 0.25) is 0 Å². The van der Waals surface area contributed by atoms with Crippen LogP contribution in [-0.2, 0) is 9.53 Å². The lowest BCUT2D eigenvalue weighted by Gasteiger charge is -2.19. The van der Waals surface area contributed by atoms with Crippen LogP contribution in [0, 0.1) is 11.3 Å². The van der Waals surface area contributed by atoms with E-state index in [0.717, 1.165) is 0 Å². The number of hydrogen-bond acceptors (Lipinski definition) is 4. The van der Waals surface area contributed by atoms with Gasteiger partial charge in [-0.15, -0.1) is 23.4 Å². The zero-order valence-electron chi connectivity index (χ0n) is 8.54. The number of halogens is 1. The van der Waals surface area contributed by atoms with Gasteiger partial charge in [0.25, 0.3) is 0 Å². The molecule has 1 atom stereocenters. The van der Waals surface area contributed by atoms with E-state index in [1.54, 1.807) is 0 Å². The van der Waals surface area contributed by atoms with Crippen LogP contribution in [0.25, 0.3) is 0 Å². The van der Waals surface area contributed by atoms with Crippen molar-refractivity contribution in [1.82, 2.24) is 0 Å². The van der Waals surface area contributed by atoms with Crippen LogP contribution in [0.5, 0.6) is 0 Å². The molecular formula is C9H14ClNO2S. The third-order valence-electron chi connectivity index (χ3n) is 1.04. The zero-order chi connectivity index (χ0) is 11.2. The second-order valence-corrected chi connectivity index (χ2v) is 5.26. The molecule has 0 amide bonds. The lowest BCUT2D eigenvalue weighted by atomic mass is 10.2. The highest BCUT2D eigenvalue weighted by molar-refractivity contribution is 8.00. The maximum Gasteiger partial charge on any atom is 0.316 e. The van der Waals surface area contributed by atoms with E-state index in [9.17, 15) is 4.79 Å². The van der Waals surface area contributed by atoms with E-state index in [0.29, 0.717) is 5.75 Å². The molecule has 3 nitrogen and oxygen atoms in total. The molecule has 0 radical (unpaired) electrons. The monoisotopic (exact) mass is 235 g/mol. The molecule has 0 heterocycles. The Morgan fingerprint density at radius 1 is 1.64 bits per heavy atom. The molecule has 1 unspecified atom stereocenters. The molecule has 0 aliphatic heterocycles. The summed E-state index contributed by atoms with van der Waals surface area (Å²) < 4.78 is 5.07. The fraction of sp³-hybridized carbons (Fsp3) is 0.778. The molecule has 0 saturated carbocycles. The Labute approximate surface area is 93.8 Å². The number of carbonyl (C=O) groups is 1. The minimum Gasteiger partial charge on any atom is -0.459 e. The summed E-state index contributed by atoms with van der Waals surface area (Å²) in [5.74, 6) is 0.406. The summed E-state index contributed by atoms with van der Waals surface area (Å²) in [5, 5.41) is 7.84. The van der Waals surface area contributed by atoms with Gasteiger partial charge in [-0.1, -0.05) is 0 Å². The fourth-order valence-corrected chi connectivity index (χ4v) is 1.55. The van der Waals surface area contributed by atoms with Crippen LogP contribution in [0.1, 0.15) is 20.8 Å². The average Bonchev–Trinajstić information content (AvgIpc) is 2.00. The van der Waals surface area contributed by atoms with Gasteiger partial charge in [-0.2, -0.15) is 5.26 Å². The van der Waals surface area contributed by atoms with E-state index >= 15 is 0 Å². The van der Waals surface area contributed by atoms with Crippen LogP contribution >= 0.6 is 23.4 Å². The van der Waals surface area contributed by atoms with Crippen molar-refractivity contribution >= 4 is 29.3 Å². The molecule has 0 rings (SSSR count). The Hall–Kier alpha value is -0.400. The molecule has 0 fully saturated rings. The van der Waals surface area contributed by atoms with Gasteiger partial charge < -0.3 is 4.74 Å². The minimum atomic E-state index is -0.539. The van der Waals surface area contributed by atoms with Gasteiger partial charge in [0.2, 0.25) is 0 Å². The Morgan fingerprint density at radius 3 is 2.64 bits per heavy atom. The molecule has 5 heteroatoms. The van der Waals surface area contributed by atoms with E-state index in [4.69, 9.17) is 21.6 Å². The number of ether oxygens (including phenoxy) is 1. The molecular weight excluding hydrogens is 222 g/mol. The molecule has 80 valence electrons. The number of nitrogens with zero attached hydrogens (tertiary/aromatic N) is 1. The topological polar surface area (TPSA) is 50.1 Å². The van der Waals surface area contributed by atoms with Crippen LogP contribution < -0.4 is 0 Å². The highest BCUT2D eigenvalue weighted by Gasteiger charge is 2.16. The van der Waals surface area contributed by atoms with E-state index in [1.165, 1.54) is 11.8 Å². The average molecular weight is 236 g/mol. The number of carbonyl (C=O) groups excluding carboxylic acids is 1. The maximum atomic E-state index is 11.2. The van der Waals surface area contributed by atoms with Crippen LogP contribution in [0.15, 0.2) is 0 Å². The van der Waals surface area contributed by atoms with Crippen molar-refractivity contribution in [2.75, 3.05) is 11.5 Å². The fourth-order valence-electron chi connectivity index (χ4n) is 0.654. The van der Waals surface area contributed by atoms with Crippen molar-refractivity contribution < 1.29 is 9.53 Å². The van der Waals surface area contributed by atoms with Crippen LogP contribution in [0.4, 0.5) is 0 Å². The second-order valence-electron chi connectivity index (χ2n) is 3.70. The normalized spacial score (nSPS) is 13.1. The van der Waals surface area contributed by atoms with Crippen LogP contribution in [-0.4, -0.2) is 28.5 Å². The van der Waals surface area contributed by atoms with Crippen molar-refractivity contribution in [2.45, 2.75) is 31.7 Å². The van der Waals surface area contributed by atoms with Gasteiger partial charge in [-0.25, -0.2) is 0 Å². The lowest BCUT2D eigenvalue weighted by molar-refractivity contribution is -0.151. The molecule has 0 spiro atoms. The van der Waals surface area contributed by atoms with Gasteiger partial charge in [0.15, 0.2) is 0 Å². The van der Waals surface area contributed by atoms with Crippen molar-refractivity contribution in [3.05, 3.63) is 0 Å². The SMILES string of the molecule is CC(C)(C)OC(=O)CSCC(Cl)C#N. The molecule has 0 aliphatic carbocycles. The molecule has 0 bridgehead atoms. The first-order chi connectivity index (χ1) is 6.35. The van der Waals surface area contributed by atoms with E-state index < -0.39 is 11.0 Å². The number of alkyl halides is 1. The Balaban J connectivity index is 3.62.